The molecule has 0 saturated heterocycles. The SMILES string of the molecule is Cc1ccc(NC(=O)C2CCc3ncsc3C2)c(C)c1. The average molecular weight is 286 g/mol. The van der Waals surface area contributed by atoms with Crippen LogP contribution in [0.25, 0.3) is 0 Å². The Balaban J connectivity index is 1.71. The molecule has 0 aliphatic heterocycles. The first-order chi connectivity index (χ1) is 9.63. The molecule has 1 N–H and O–H groups in total. The molecule has 1 unspecified atom stereocenters. The van der Waals surface area contributed by atoms with Crippen LogP contribution < -0.4 is 5.32 Å². The number of carbonyl (C=O) groups excluding carboxylic acids is 1. The van der Waals surface area contributed by atoms with Crippen LogP contribution >= 0.6 is 11.3 Å². The molecule has 3 rings (SSSR count). The van der Waals surface area contributed by atoms with Crippen LogP contribution in [0.1, 0.15) is 28.1 Å². The van der Waals surface area contributed by atoms with Gasteiger partial charge in [-0.25, -0.2) is 4.98 Å². The fourth-order valence-corrected chi connectivity index (χ4v) is 3.61. The maximum Gasteiger partial charge on any atom is 0.227 e. The minimum absolute atomic E-state index is 0.0728. The number of carbonyl (C=O) groups is 1. The lowest BCUT2D eigenvalue weighted by molar-refractivity contribution is -0.120. The van der Waals surface area contributed by atoms with E-state index in [1.807, 2.05) is 24.6 Å². The number of aryl methyl sites for hydroxylation is 3. The predicted molar refractivity (Wildman–Crippen MR) is 82.2 cm³/mol. The molecular weight excluding hydrogens is 268 g/mol. The van der Waals surface area contributed by atoms with Crippen molar-refractivity contribution in [3.05, 3.63) is 45.4 Å². The van der Waals surface area contributed by atoms with Crippen molar-refractivity contribution in [3.8, 4) is 0 Å². The molecule has 1 amide bonds. The molecule has 0 radical (unpaired) electrons. The van der Waals surface area contributed by atoms with Crippen molar-refractivity contribution >= 4 is 22.9 Å². The van der Waals surface area contributed by atoms with Gasteiger partial charge in [0.2, 0.25) is 5.91 Å². The van der Waals surface area contributed by atoms with E-state index in [1.54, 1.807) is 11.3 Å². The van der Waals surface area contributed by atoms with Crippen LogP contribution in [-0.4, -0.2) is 10.9 Å². The summed E-state index contributed by atoms with van der Waals surface area (Å²) in [5, 5.41) is 3.08. The Labute approximate surface area is 123 Å². The molecule has 104 valence electrons. The van der Waals surface area contributed by atoms with Gasteiger partial charge in [-0.3, -0.25) is 4.79 Å². The number of fused-ring (bicyclic) bond motifs is 1. The van der Waals surface area contributed by atoms with Crippen LogP contribution in [0.2, 0.25) is 0 Å². The lowest BCUT2D eigenvalue weighted by atomic mass is 9.90. The number of hydrogen-bond donors (Lipinski definition) is 1. The van der Waals surface area contributed by atoms with Gasteiger partial charge in [-0.15, -0.1) is 11.3 Å². The Kier molecular flexibility index (Phi) is 3.57. The zero-order valence-electron chi connectivity index (χ0n) is 11.8. The van der Waals surface area contributed by atoms with Gasteiger partial charge in [0.15, 0.2) is 0 Å². The summed E-state index contributed by atoms with van der Waals surface area (Å²) in [6, 6.07) is 6.12. The molecule has 1 heterocycles. The molecule has 1 aliphatic rings. The molecule has 2 aromatic rings. The van der Waals surface area contributed by atoms with Crippen molar-refractivity contribution in [1.82, 2.24) is 4.98 Å². The fourth-order valence-electron chi connectivity index (χ4n) is 2.71. The third-order valence-corrected chi connectivity index (χ3v) is 4.79. The van der Waals surface area contributed by atoms with Gasteiger partial charge >= 0.3 is 0 Å². The second-order valence-corrected chi connectivity index (χ2v) is 6.41. The van der Waals surface area contributed by atoms with Gasteiger partial charge in [-0.1, -0.05) is 17.7 Å². The molecule has 1 aromatic heterocycles. The van der Waals surface area contributed by atoms with E-state index in [9.17, 15) is 4.79 Å². The number of amides is 1. The van der Waals surface area contributed by atoms with Gasteiger partial charge in [-0.05, 0) is 44.7 Å². The van der Waals surface area contributed by atoms with Crippen molar-refractivity contribution in [2.24, 2.45) is 5.92 Å². The summed E-state index contributed by atoms with van der Waals surface area (Å²) in [5.41, 5.74) is 6.33. The first-order valence-electron chi connectivity index (χ1n) is 6.93. The Hall–Kier alpha value is -1.68. The standard InChI is InChI=1S/C16H18N2OS/c1-10-3-5-13(11(2)7-10)18-16(19)12-4-6-14-15(8-12)20-9-17-14/h3,5,7,9,12H,4,6,8H2,1-2H3,(H,18,19). The van der Waals surface area contributed by atoms with Gasteiger partial charge in [0.1, 0.15) is 0 Å². The Morgan fingerprint density at radius 2 is 2.25 bits per heavy atom. The molecule has 0 bridgehead atoms. The van der Waals surface area contributed by atoms with Crippen LogP contribution in [0, 0.1) is 19.8 Å². The molecule has 1 aliphatic carbocycles. The molecule has 0 saturated carbocycles. The first-order valence-corrected chi connectivity index (χ1v) is 7.81. The van der Waals surface area contributed by atoms with Gasteiger partial charge in [0, 0.05) is 16.5 Å². The van der Waals surface area contributed by atoms with E-state index >= 15 is 0 Å². The lowest BCUT2D eigenvalue weighted by Crippen LogP contribution is -2.28. The first kappa shape index (κ1) is 13.3. The van der Waals surface area contributed by atoms with Crippen LogP contribution in [0.15, 0.2) is 23.7 Å². The number of benzene rings is 1. The van der Waals surface area contributed by atoms with E-state index in [4.69, 9.17) is 0 Å². The van der Waals surface area contributed by atoms with Crippen molar-refractivity contribution in [1.29, 1.82) is 0 Å². The highest BCUT2D eigenvalue weighted by atomic mass is 32.1. The second kappa shape index (κ2) is 5.37. The number of aromatic nitrogens is 1. The summed E-state index contributed by atoms with van der Waals surface area (Å²) >= 11 is 1.67. The van der Waals surface area contributed by atoms with E-state index in [-0.39, 0.29) is 11.8 Å². The Morgan fingerprint density at radius 3 is 3.05 bits per heavy atom. The largest absolute Gasteiger partial charge is 0.326 e. The zero-order chi connectivity index (χ0) is 14.1. The zero-order valence-corrected chi connectivity index (χ0v) is 12.6. The molecule has 4 heteroatoms. The summed E-state index contributed by atoms with van der Waals surface area (Å²) in [6.45, 7) is 4.09. The third kappa shape index (κ3) is 2.61. The van der Waals surface area contributed by atoms with E-state index < -0.39 is 0 Å². The van der Waals surface area contributed by atoms with Crippen LogP contribution in [0.3, 0.4) is 0 Å². The molecule has 1 atom stereocenters. The van der Waals surface area contributed by atoms with Crippen molar-refractivity contribution in [3.63, 3.8) is 0 Å². The maximum absolute atomic E-state index is 12.4. The second-order valence-electron chi connectivity index (χ2n) is 5.47. The summed E-state index contributed by atoms with van der Waals surface area (Å²) in [4.78, 5) is 18.0. The average Bonchev–Trinajstić information content (AvgIpc) is 2.89. The number of nitrogens with one attached hydrogen (secondary N) is 1. The van der Waals surface area contributed by atoms with E-state index in [2.05, 4.69) is 23.3 Å². The normalized spacial score (nSPS) is 17.6. The number of thiazole rings is 1. The number of rotatable bonds is 2. The van der Waals surface area contributed by atoms with Gasteiger partial charge in [0.25, 0.3) is 0 Å². The third-order valence-electron chi connectivity index (χ3n) is 3.90. The maximum atomic E-state index is 12.4. The predicted octanol–water partition coefficient (Wildman–Crippen LogP) is 3.50. The van der Waals surface area contributed by atoms with Crippen molar-refractivity contribution in [2.45, 2.75) is 33.1 Å². The number of anilines is 1. The minimum atomic E-state index is 0.0728. The molecule has 0 fully saturated rings. The summed E-state index contributed by atoms with van der Waals surface area (Å²) in [6.07, 6.45) is 2.65. The topological polar surface area (TPSA) is 42.0 Å². The Bertz CT molecular complexity index is 648. The Morgan fingerprint density at radius 1 is 1.40 bits per heavy atom. The fraction of sp³-hybridized carbons (Fsp3) is 0.375. The number of nitrogens with zero attached hydrogens (tertiary/aromatic N) is 1. The summed E-state index contributed by atoms with van der Waals surface area (Å²) in [5.74, 6) is 0.208. The molecule has 1 aromatic carbocycles. The van der Waals surface area contributed by atoms with Crippen LogP contribution in [0.5, 0.6) is 0 Å². The summed E-state index contributed by atoms with van der Waals surface area (Å²) < 4.78 is 0. The van der Waals surface area contributed by atoms with Crippen LogP contribution in [-0.2, 0) is 17.6 Å². The molecule has 0 spiro atoms. The highest BCUT2D eigenvalue weighted by Crippen LogP contribution is 2.28. The van der Waals surface area contributed by atoms with Crippen molar-refractivity contribution in [2.75, 3.05) is 5.32 Å². The molecule has 20 heavy (non-hydrogen) atoms. The van der Waals surface area contributed by atoms with Crippen LogP contribution in [0.4, 0.5) is 5.69 Å². The van der Waals surface area contributed by atoms with Gasteiger partial charge in [-0.2, -0.15) is 0 Å². The van der Waals surface area contributed by atoms with Gasteiger partial charge < -0.3 is 5.32 Å². The number of hydrogen-bond acceptors (Lipinski definition) is 3. The monoisotopic (exact) mass is 286 g/mol. The molecule has 3 nitrogen and oxygen atoms in total. The lowest BCUT2D eigenvalue weighted by Gasteiger charge is -2.21. The highest BCUT2D eigenvalue weighted by molar-refractivity contribution is 7.09. The van der Waals surface area contributed by atoms with Gasteiger partial charge in [0.05, 0.1) is 11.2 Å². The van der Waals surface area contributed by atoms with Crippen molar-refractivity contribution < 1.29 is 4.79 Å². The summed E-state index contributed by atoms with van der Waals surface area (Å²) in [7, 11) is 0. The smallest absolute Gasteiger partial charge is 0.227 e. The van der Waals surface area contributed by atoms with E-state index in [1.165, 1.54) is 16.1 Å². The minimum Gasteiger partial charge on any atom is -0.326 e. The van der Waals surface area contributed by atoms with E-state index in [0.717, 1.165) is 30.5 Å². The molecular formula is C16H18N2OS. The quantitative estimate of drug-likeness (QED) is 0.918. The van der Waals surface area contributed by atoms with E-state index in [0.29, 0.717) is 0 Å². The highest BCUT2D eigenvalue weighted by Gasteiger charge is 2.26.